The number of carbonyl (C=O) groups excluding carboxylic acids is 2. The van der Waals surface area contributed by atoms with Crippen LogP contribution in [0.5, 0.6) is 0 Å². The van der Waals surface area contributed by atoms with Gasteiger partial charge in [-0.3, -0.25) is 9.69 Å². The van der Waals surface area contributed by atoms with Crippen molar-refractivity contribution in [2.24, 2.45) is 0 Å². The minimum atomic E-state index is -0.679. The van der Waals surface area contributed by atoms with Crippen LogP contribution in [0.3, 0.4) is 0 Å². The predicted molar refractivity (Wildman–Crippen MR) is 234 cm³/mol. The summed E-state index contributed by atoms with van der Waals surface area (Å²) >= 11 is 0. The van der Waals surface area contributed by atoms with E-state index in [-0.39, 0.29) is 18.7 Å². The van der Waals surface area contributed by atoms with E-state index in [9.17, 15) is 9.59 Å². The van der Waals surface area contributed by atoms with Crippen LogP contribution in [-0.2, 0) is 54.9 Å². The van der Waals surface area contributed by atoms with E-state index in [0.717, 1.165) is 80.0 Å². The van der Waals surface area contributed by atoms with Gasteiger partial charge >= 0.3 is 6.09 Å². The number of likely N-dealkylation sites (tertiary alicyclic amines) is 1. The smallest absolute Gasteiger partial charge is 0.411 e. The van der Waals surface area contributed by atoms with Crippen LogP contribution in [0.25, 0.3) is 0 Å². The van der Waals surface area contributed by atoms with Crippen molar-refractivity contribution in [2.45, 2.75) is 148 Å². The fraction of sp³-hybridized carbons (Fsp3) is 0.490. The average molecular weight is 806 g/mol. The lowest BCUT2D eigenvalue weighted by Gasteiger charge is -2.33. The molecule has 4 aromatic rings. The molecule has 1 aliphatic rings. The Labute approximate surface area is 353 Å². The number of rotatable bonds is 26. The van der Waals surface area contributed by atoms with Crippen molar-refractivity contribution >= 4 is 11.9 Å². The van der Waals surface area contributed by atoms with Crippen LogP contribution >= 0.6 is 0 Å². The molecule has 1 saturated heterocycles. The number of ketones is 1. The zero-order chi connectivity index (χ0) is 41.5. The zero-order valence-electron chi connectivity index (χ0n) is 35.7. The summed E-state index contributed by atoms with van der Waals surface area (Å²) in [5.74, 6) is 0.332. The predicted octanol–water partition coefficient (Wildman–Crippen LogP) is 11.4. The SMILES string of the molecule is CC(C)(C)OC(=O)N1[C@H](CCCCCCCCCC(=O)CCCOCc2ccccc2)[C@@H](OCc2ccccc2)[C@H](OCc2ccccc2)[C@H]1COCc1ccccc1. The van der Waals surface area contributed by atoms with Crippen molar-refractivity contribution in [1.29, 1.82) is 0 Å². The Morgan fingerprint density at radius 2 is 0.932 bits per heavy atom. The zero-order valence-corrected chi connectivity index (χ0v) is 35.7. The third-order valence-electron chi connectivity index (χ3n) is 10.7. The fourth-order valence-corrected chi connectivity index (χ4v) is 7.70. The van der Waals surface area contributed by atoms with Crippen molar-refractivity contribution in [1.82, 2.24) is 4.90 Å². The van der Waals surface area contributed by atoms with Crippen molar-refractivity contribution in [3.8, 4) is 0 Å². The second-order valence-corrected chi connectivity index (χ2v) is 16.7. The van der Waals surface area contributed by atoms with Crippen LogP contribution in [-0.4, -0.2) is 59.9 Å². The van der Waals surface area contributed by atoms with Gasteiger partial charge in [0.25, 0.3) is 0 Å². The Bertz CT molecular complexity index is 1730. The maximum Gasteiger partial charge on any atom is 0.411 e. The molecule has 59 heavy (non-hydrogen) atoms. The van der Waals surface area contributed by atoms with Gasteiger partial charge in [-0.1, -0.05) is 160 Å². The third-order valence-corrected chi connectivity index (χ3v) is 10.7. The first-order valence-electron chi connectivity index (χ1n) is 21.8. The maximum atomic E-state index is 14.3. The van der Waals surface area contributed by atoms with E-state index in [1.807, 2.05) is 111 Å². The highest BCUT2D eigenvalue weighted by Gasteiger charge is 2.53. The van der Waals surface area contributed by atoms with Crippen molar-refractivity contribution < 1.29 is 33.3 Å². The van der Waals surface area contributed by atoms with Crippen molar-refractivity contribution in [2.75, 3.05) is 13.2 Å². The van der Waals surface area contributed by atoms with Crippen LogP contribution < -0.4 is 0 Å². The second kappa shape index (κ2) is 25.3. The van der Waals surface area contributed by atoms with E-state index in [4.69, 9.17) is 23.7 Å². The molecule has 0 N–H and O–H groups in total. The van der Waals surface area contributed by atoms with E-state index in [1.165, 1.54) is 0 Å². The minimum Gasteiger partial charge on any atom is -0.444 e. The number of amides is 1. The molecule has 0 spiro atoms. The lowest BCUT2D eigenvalue weighted by Crippen LogP contribution is -2.48. The number of Topliss-reactive ketones (excluding diaryl/α,β-unsaturated/α-hetero) is 1. The van der Waals surface area contributed by atoms with Gasteiger partial charge in [0.2, 0.25) is 0 Å². The molecule has 0 unspecified atom stereocenters. The number of unbranched alkanes of at least 4 members (excludes halogenated alkanes) is 6. The topological polar surface area (TPSA) is 83.5 Å². The molecule has 1 fully saturated rings. The lowest BCUT2D eigenvalue weighted by molar-refractivity contribution is -0.119. The van der Waals surface area contributed by atoms with E-state index < -0.39 is 23.9 Å². The summed E-state index contributed by atoms with van der Waals surface area (Å²) in [6.07, 6.45) is 8.85. The Kier molecular flexibility index (Phi) is 19.6. The van der Waals surface area contributed by atoms with Crippen molar-refractivity contribution in [3.05, 3.63) is 144 Å². The molecule has 318 valence electrons. The molecule has 1 amide bonds. The monoisotopic (exact) mass is 805 g/mol. The molecule has 1 aliphatic heterocycles. The molecule has 4 atom stereocenters. The maximum absolute atomic E-state index is 14.3. The number of benzene rings is 4. The summed E-state index contributed by atoms with van der Waals surface area (Å²) in [6, 6.07) is 39.8. The lowest BCUT2D eigenvalue weighted by atomic mass is 10.00. The molecule has 0 aromatic heterocycles. The Morgan fingerprint density at radius 1 is 0.508 bits per heavy atom. The molecule has 1 heterocycles. The van der Waals surface area contributed by atoms with Crippen LogP contribution in [0.4, 0.5) is 4.79 Å². The van der Waals surface area contributed by atoms with Crippen molar-refractivity contribution in [3.63, 3.8) is 0 Å². The van der Waals surface area contributed by atoms with E-state index in [2.05, 4.69) is 36.4 Å². The number of carbonyl (C=O) groups is 2. The highest BCUT2D eigenvalue weighted by molar-refractivity contribution is 5.78. The van der Waals surface area contributed by atoms with E-state index >= 15 is 0 Å². The van der Waals surface area contributed by atoms with Gasteiger partial charge in [-0.2, -0.15) is 0 Å². The summed E-state index contributed by atoms with van der Waals surface area (Å²) in [4.78, 5) is 28.6. The second-order valence-electron chi connectivity index (χ2n) is 16.7. The van der Waals surface area contributed by atoms with Gasteiger partial charge in [-0.15, -0.1) is 0 Å². The van der Waals surface area contributed by atoms with Gasteiger partial charge in [0.1, 0.15) is 23.6 Å². The fourth-order valence-electron chi connectivity index (χ4n) is 7.70. The molecule has 0 radical (unpaired) electrons. The number of hydrogen-bond donors (Lipinski definition) is 0. The molecule has 0 aliphatic carbocycles. The first-order valence-corrected chi connectivity index (χ1v) is 21.8. The summed E-state index contributed by atoms with van der Waals surface area (Å²) < 4.78 is 31.9. The van der Waals surface area contributed by atoms with E-state index in [0.29, 0.717) is 51.7 Å². The Morgan fingerprint density at radius 3 is 1.44 bits per heavy atom. The highest BCUT2D eigenvalue weighted by Crippen LogP contribution is 2.36. The van der Waals surface area contributed by atoms with Gasteiger partial charge in [0.15, 0.2) is 0 Å². The standard InChI is InChI=1S/C51H67NO7/c1-51(2,3)59-50(54)52-46(34-22-8-6-4-5-7-21-32-45(53)33-23-35-55-36-41-24-13-9-14-25-41)48(57-38-43-28-17-11-18-29-43)49(58-39-44-30-19-12-20-31-44)47(52)40-56-37-42-26-15-10-16-27-42/h9-20,24-31,46-49H,4-8,21-23,32-40H2,1-3H3/t46-,47-,48-,49-/m1/s1. The number of ether oxygens (including phenoxy) is 5. The van der Waals surface area contributed by atoms with Gasteiger partial charge in [0.05, 0.1) is 45.1 Å². The molecule has 8 nitrogen and oxygen atoms in total. The first-order chi connectivity index (χ1) is 28.8. The molecule has 0 saturated carbocycles. The molecular weight excluding hydrogens is 739 g/mol. The summed E-state index contributed by atoms with van der Waals surface area (Å²) in [5.41, 5.74) is 3.66. The molecule has 4 aromatic carbocycles. The largest absolute Gasteiger partial charge is 0.444 e. The van der Waals surface area contributed by atoms with Gasteiger partial charge in [-0.25, -0.2) is 4.79 Å². The third kappa shape index (κ3) is 16.7. The Balaban J connectivity index is 1.17. The van der Waals surface area contributed by atoms with Gasteiger partial charge in [0, 0.05) is 19.4 Å². The molecule has 8 heteroatoms. The van der Waals surface area contributed by atoms with Gasteiger partial charge in [-0.05, 0) is 62.3 Å². The van der Waals surface area contributed by atoms with Gasteiger partial charge < -0.3 is 23.7 Å². The molecule has 0 bridgehead atoms. The summed E-state index contributed by atoms with van der Waals surface area (Å²) in [5, 5.41) is 0. The van der Waals surface area contributed by atoms with E-state index in [1.54, 1.807) is 0 Å². The highest BCUT2D eigenvalue weighted by atomic mass is 16.6. The minimum absolute atomic E-state index is 0.269. The number of nitrogens with zero attached hydrogens (tertiary/aromatic N) is 1. The Hall–Kier alpha value is -4.34. The molecular formula is C51H67NO7. The molecule has 5 rings (SSSR count). The van der Waals surface area contributed by atoms with Crippen LogP contribution in [0, 0.1) is 0 Å². The average Bonchev–Trinajstić information content (AvgIpc) is 3.53. The van der Waals surface area contributed by atoms with Crippen LogP contribution in [0.15, 0.2) is 121 Å². The number of hydrogen-bond acceptors (Lipinski definition) is 7. The summed E-state index contributed by atoms with van der Waals surface area (Å²) in [7, 11) is 0. The first kappa shape index (κ1) is 45.7. The normalized spacial score (nSPS) is 17.9. The summed E-state index contributed by atoms with van der Waals surface area (Å²) in [6.45, 7) is 8.40. The van der Waals surface area contributed by atoms with Crippen LogP contribution in [0.1, 0.15) is 114 Å². The quantitative estimate of drug-likeness (QED) is 0.0584. The van der Waals surface area contributed by atoms with Crippen LogP contribution in [0.2, 0.25) is 0 Å².